The van der Waals surface area contributed by atoms with Crippen LogP contribution in [-0.2, 0) is 6.54 Å². The number of nitrogens with zero attached hydrogens (tertiary/aromatic N) is 1. The second-order valence-corrected chi connectivity index (χ2v) is 5.74. The van der Waals surface area contributed by atoms with Crippen LogP contribution in [0.4, 0.5) is 0 Å². The summed E-state index contributed by atoms with van der Waals surface area (Å²) in [7, 11) is 0. The second kappa shape index (κ2) is 8.50. The fraction of sp³-hybridized carbons (Fsp3) is 0.625. The van der Waals surface area contributed by atoms with Crippen molar-refractivity contribution in [2.75, 3.05) is 32.8 Å². The standard InChI is InChI=1S/C16H25ClN2O/c1-2-3-11-20-15-6-5-14(16(17)12-15)13-19-9-4-7-18-8-10-19/h5-6,12,18H,2-4,7-11,13H2,1H3. The molecule has 0 bridgehead atoms. The summed E-state index contributed by atoms with van der Waals surface area (Å²) in [4.78, 5) is 2.46. The van der Waals surface area contributed by atoms with Gasteiger partial charge in [0.05, 0.1) is 6.61 Å². The summed E-state index contributed by atoms with van der Waals surface area (Å²) in [5.41, 5.74) is 1.19. The Kier molecular flexibility index (Phi) is 6.64. The Morgan fingerprint density at radius 2 is 2.20 bits per heavy atom. The van der Waals surface area contributed by atoms with Gasteiger partial charge < -0.3 is 10.1 Å². The van der Waals surface area contributed by atoms with Crippen molar-refractivity contribution in [3.05, 3.63) is 28.8 Å². The monoisotopic (exact) mass is 296 g/mol. The van der Waals surface area contributed by atoms with E-state index in [-0.39, 0.29) is 0 Å². The Hall–Kier alpha value is -0.770. The molecule has 1 heterocycles. The molecule has 1 aromatic rings. The van der Waals surface area contributed by atoms with Gasteiger partial charge in [-0.05, 0) is 43.6 Å². The molecule has 0 amide bonds. The lowest BCUT2D eigenvalue weighted by Crippen LogP contribution is -2.27. The van der Waals surface area contributed by atoms with Crippen molar-refractivity contribution in [2.45, 2.75) is 32.7 Å². The number of nitrogens with one attached hydrogen (secondary N) is 1. The molecule has 0 aliphatic carbocycles. The lowest BCUT2D eigenvalue weighted by atomic mass is 10.2. The first kappa shape index (κ1) is 15.6. The third-order valence-electron chi connectivity index (χ3n) is 3.62. The molecule has 0 saturated carbocycles. The molecule has 1 N–H and O–H groups in total. The zero-order valence-corrected chi connectivity index (χ0v) is 13.1. The molecule has 0 atom stereocenters. The van der Waals surface area contributed by atoms with Gasteiger partial charge in [-0.1, -0.05) is 31.0 Å². The molecule has 2 rings (SSSR count). The normalized spacial score (nSPS) is 16.9. The number of ether oxygens (including phenoxy) is 1. The average molecular weight is 297 g/mol. The predicted molar refractivity (Wildman–Crippen MR) is 84.6 cm³/mol. The Balaban J connectivity index is 1.91. The zero-order valence-electron chi connectivity index (χ0n) is 12.3. The SMILES string of the molecule is CCCCOc1ccc(CN2CCCNCC2)c(Cl)c1. The van der Waals surface area contributed by atoms with Gasteiger partial charge >= 0.3 is 0 Å². The van der Waals surface area contributed by atoms with E-state index >= 15 is 0 Å². The van der Waals surface area contributed by atoms with Crippen LogP contribution in [0.2, 0.25) is 5.02 Å². The van der Waals surface area contributed by atoms with Crippen LogP contribution < -0.4 is 10.1 Å². The lowest BCUT2D eigenvalue weighted by molar-refractivity contribution is 0.284. The van der Waals surface area contributed by atoms with E-state index in [4.69, 9.17) is 16.3 Å². The van der Waals surface area contributed by atoms with Gasteiger partial charge in [0, 0.05) is 24.7 Å². The Bertz CT molecular complexity index is 403. The van der Waals surface area contributed by atoms with Crippen LogP contribution in [0.3, 0.4) is 0 Å². The summed E-state index contributed by atoms with van der Waals surface area (Å²) < 4.78 is 5.68. The van der Waals surface area contributed by atoms with Gasteiger partial charge in [-0.3, -0.25) is 4.90 Å². The molecule has 1 aliphatic rings. The van der Waals surface area contributed by atoms with Gasteiger partial charge in [0.25, 0.3) is 0 Å². The van der Waals surface area contributed by atoms with Gasteiger partial charge in [-0.2, -0.15) is 0 Å². The Morgan fingerprint density at radius 1 is 1.30 bits per heavy atom. The van der Waals surface area contributed by atoms with E-state index in [0.717, 1.165) is 62.9 Å². The summed E-state index contributed by atoms with van der Waals surface area (Å²) >= 11 is 6.38. The lowest BCUT2D eigenvalue weighted by Gasteiger charge is -2.20. The minimum absolute atomic E-state index is 0.768. The topological polar surface area (TPSA) is 24.5 Å². The van der Waals surface area contributed by atoms with Crippen LogP contribution in [-0.4, -0.2) is 37.7 Å². The fourth-order valence-corrected chi connectivity index (χ4v) is 2.61. The van der Waals surface area contributed by atoms with Crippen molar-refractivity contribution < 1.29 is 4.74 Å². The van der Waals surface area contributed by atoms with Crippen LogP contribution in [0.1, 0.15) is 31.7 Å². The molecule has 0 radical (unpaired) electrons. The van der Waals surface area contributed by atoms with E-state index < -0.39 is 0 Å². The molecule has 0 spiro atoms. The largest absolute Gasteiger partial charge is 0.494 e. The molecule has 4 heteroatoms. The van der Waals surface area contributed by atoms with Gasteiger partial charge in [0.1, 0.15) is 5.75 Å². The molecule has 1 aliphatic heterocycles. The first-order chi connectivity index (χ1) is 9.79. The molecule has 1 aromatic carbocycles. The maximum atomic E-state index is 6.38. The van der Waals surface area contributed by atoms with E-state index in [1.54, 1.807) is 0 Å². The molecule has 3 nitrogen and oxygen atoms in total. The highest BCUT2D eigenvalue weighted by Crippen LogP contribution is 2.24. The van der Waals surface area contributed by atoms with E-state index in [1.807, 2.05) is 12.1 Å². The molecule has 1 fully saturated rings. The summed E-state index contributed by atoms with van der Waals surface area (Å²) in [5.74, 6) is 0.879. The first-order valence-electron chi connectivity index (χ1n) is 7.64. The van der Waals surface area contributed by atoms with Crippen LogP contribution in [0.25, 0.3) is 0 Å². The summed E-state index contributed by atoms with van der Waals surface area (Å²) in [5, 5.41) is 4.24. The summed E-state index contributed by atoms with van der Waals surface area (Å²) in [6.45, 7) is 8.27. The number of unbranched alkanes of at least 4 members (excludes halogenated alkanes) is 1. The molecule has 0 unspecified atom stereocenters. The van der Waals surface area contributed by atoms with E-state index in [1.165, 1.54) is 12.0 Å². The molecule has 20 heavy (non-hydrogen) atoms. The van der Waals surface area contributed by atoms with Gasteiger partial charge in [0.2, 0.25) is 0 Å². The molecular formula is C16H25ClN2O. The Labute approximate surface area is 127 Å². The Morgan fingerprint density at radius 3 is 3.00 bits per heavy atom. The van der Waals surface area contributed by atoms with Crippen LogP contribution in [0.5, 0.6) is 5.75 Å². The summed E-state index contributed by atoms with van der Waals surface area (Å²) in [6, 6.07) is 6.08. The molecule has 1 saturated heterocycles. The van der Waals surface area contributed by atoms with E-state index in [2.05, 4.69) is 23.2 Å². The van der Waals surface area contributed by atoms with Crippen molar-refractivity contribution in [2.24, 2.45) is 0 Å². The third kappa shape index (κ3) is 4.97. The highest BCUT2D eigenvalue weighted by Gasteiger charge is 2.11. The van der Waals surface area contributed by atoms with E-state index in [0.29, 0.717) is 0 Å². The predicted octanol–water partition coefficient (Wildman–Crippen LogP) is 3.31. The van der Waals surface area contributed by atoms with Crippen molar-refractivity contribution in [1.82, 2.24) is 10.2 Å². The minimum Gasteiger partial charge on any atom is -0.494 e. The molecule has 0 aromatic heterocycles. The van der Waals surface area contributed by atoms with Crippen LogP contribution >= 0.6 is 11.6 Å². The molecular weight excluding hydrogens is 272 g/mol. The zero-order chi connectivity index (χ0) is 14.2. The van der Waals surface area contributed by atoms with Gasteiger partial charge in [0.15, 0.2) is 0 Å². The maximum Gasteiger partial charge on any atom is 0.120 e. The van der Waals surface area contributed by atoms with Gasteiger partial charge in [-0.25, -0.2) is 0 Å². The maximum absolute atomic E-state index is 6.38. The number of benzene rings is 1. The number of hydrogen-bond acceptors (Lipinski definition) is 3. The van der Waals surface area contributed by atoms with Crippen molar-refractivity contribution in [1.29, 1.82) is 0 Å². The first-order valence-corrected chi connectivity index (χ1v) is 8.01. The molecule has 112 valence electrons. The van der Waals surface area contributed by atoms with Crippen molar-refractivity contribution in [3.63, 3.8) is 0 Å². The quantitative estimate of drug-likeness (QED) is 0.815. The minimum atomic E-state index is 0.768. The fourth-order valence-electron chi connectivity index (χ4n) is 2.38. The highest BCUT2D eigenvalue weighted by atomic mass is 35.5. The number of rotatable bonds is 6. The van der Waals surface area contributed by atoms with Gasteiger partial charge in [-0.15, -0.1) is 0 Å². The van der Waals surface area contributed by atoms with Crippen molar-refractivity contribution >= 4 is 11.6 Å². The third-order valence-corrected chi connectivity index (χ3v) is 3.97. The van der Waals surface area contributed by atoms with Crippen LogP contribution in [0.15, 0.2) is 18.2 Å². The average Bonchev–Trinajstić information content (AvgIpc) is 2.71. The number of halogens is 1. The number of hydrogen-bond donors (Lipinski definition) is 1. The smallest absolute Gasteiger partial charge is 0.120 e. The van der Waals surface area contributed by atoms with Crippen molar-refractivity contribution in [3.8, 4) is 5.75 Å². The highest BCUT2D eigenvalue weighted by molar-refractivity contribution is 6.31. The summed E-state index contributed by atoms with van der Waals surface area (Å²) in [6.07, 6.45) is 3.44. The van der Waals surface area contributed by atoms with Crippen LogP contribution in [0, 0.1) is 0 Å². The van der Waals surface area contributed by atoms with E-state index in [9.17, 15) is 0 Å². The second-order valence-electron chi connectivity index (χ2n) is 5.33.